The van der Waals surface area contributed by atoms with Crippen LogP contribution in [-0.4, -0.2) is 62.5 Å². The highest BCUT2D eigenvalue weighted by Gasteiger charge is 2.09. The summed E-state index contributed by atoms with van der Waals surface area (Å²) in [7, 11) is 0. The van der Waals surface area contributed by atoms with Gasteiger partial charge in [0.2, 0.25) is 5.91 Å². The van der Waals surface area contributed by atoms with E-state index in [1.165, 1.54) is 6.92 Å². The van der Waals surface area contributed by atoms with Gasteiger partial charge in [-0.2, -0.15) is 0 Å². The normalized spacial score (nSPS) is 14.8. The molecular formula is C16H24ClN3O3. The SMILES string of the molecule is CC(=O)c1ccc(NC(=O)CNCCN2CCOCC2)cc1.Cl. The van der Waals surface area contributed by atoms with E-state index in [1.807, 2.05) is 0 Å². The highest BCUT2D eigenvalue weighted by molar-refractivity contribution is 5.96. The molecule has 0 aromatic heterocycles. The molecule has 2 rings (SSSR count). The molecule has 1 aliphatic rings. The first-order valence-electron chi connectivity index (χ1n) is 7.57. The van der Waals surface area contributed by atoms with Crippen molar-refractivity contribution in [2.75, 3.05) is 51.3 Å². The molecule has 1 aromatic carbocycles. The van der Waals surface area contributed by atoms with Gasteiger partial charge in [-0.3, -0.25) is 14.5 Å². The van der Waals surface area contributed by atoms with Crippen molar-refractivity contribution in [2.45, 2.75) is 6.92 Å². The van der Waals surface area contributed by atoms with Crippen molar-refractivity contribution in [3.05, 3.63) is 29.8 Å². The Morgan fingerprint density at radius 3 is 2.43 bits per heavy atom. The summed E-state index contributed by atoms with van der Waals surface area (Å²) in [6.07, 6.45) is 0. The van der Waals surface area contributed by atoms with E-state index >= 15 is 0 Å². The topological polar surface area (TPSA) is 70.7 Å². The van der Waals surface area contributed by atoms with E-state index in [0.29, 0.717) is 11.3 Å². The van der Waals surface area contributed by atoms with Crippen LogP contribution in [0, 0.1) is 0 Å². The fourth-order valence-electron chi connectivity index (χ4n) is 2.26. The van der Waals surface area contributed by atoms with E-state index in [1.54, 1.807) is 24.3 Å². The predicted molar refractivity (Wildman–Crippen MR) is 92.5 cm³/mol. The molecule has 0 bridgehead atoms. The Labute approximate surface area is 143 Å². The van der Waals surface area contributed by atoms with Gasteiger partial charge in [-0.1, -0.05) is 0 Å². The summed E-state index contributed by atoms with van der Waals surface area (Å²) >= 11 is 0. The second-order valence-corrected chi connectivity index (χ2v) is 5.31. The van der Waals surface area contributed by atoms with Crippen molar-refractivity contribution in [1.29, 1.82) is 0 Å². The zero-order valence-corrected chi connectivity index (χ0v) is 14.2. The van der Waals surface area contributed by atoms with Crippen LogP contribution in [0.1, 0.15) is 17.3 Å². The third-order valence-corrected chi connectivity index (χ3v) is 3.57. The van der Waals surface area contributed by atoms with Crippen molar-refractivity contribution in [2.24, 2.45) is 0 Å². The largest absolute Gasteiger partial charge is 0.379 e. The summed E-state index contributed by atoms with van der Waals surface area (Å²) in [6, 6.07) is 6.90. The number of nitrogens with one attached hydrogen (secondary N) is 2. The first kappa shape index (κ1) is 19.6. The van der Waals surface area contributed by atoms with Crippen LogP contribution in [0.2, 0.25) is 0 Å². The van der Waals surface area contributed by atoms with Crippen molar-refractivity contribution < 1.29 is 14.3 Å². The third kappa shape index (κ3) is 7.09. The number of hydrogen-bond donors (Lipinski definition) is 2. The molecule has 1 heterocycles. The van der Waals surface area contributed by atoms with Gasteiger partial charge in [-0.15, -0.1) is 12.4 Å². The van der Waals surface area contributed by atoms with E-state index in [9.17, 15) is 9.59 Å². The molecule has 2 N–H and O–H groups in total. The van der Waals surface area contributed by atoms with Crippen molar-refractivity contribution in [3.8, 4) is 0 Å². The summed E-state index contributed by atoms with van der Waals surface area (Å²) in [5, 5.41) is 5.93. The van der Waals surface area contributed by atoms with Gasteiger partial charge in [0, 0.05) is 37.4 Å². The summed E-state index contributed by atoms with van der Waals surface area (Å²) in [5.74, 6) is -0.0693. The Hall–Kier alpha value is -1.47. The Kier molecular flexibility index (Phi) is 8.79. The maximum Gasteiger partial charge on any atom is 0.238 e. The summed E-state index contributed by atoms with van der Waals surface area (Å²) in [4.78, 5) is 25.3. The van der Waals surface area contributed by atoms with E-state index in [0.717, 1.165) is 39.4 Å². The zero-order chi connectivity index (χ0) is 15.8. The number of benzene rings is 1. The molecule has 1 aliphatic heterocycles. The number of ketones is 1. The maximum absolute atomic E-state index is 11.8. The lowest BCUT2D eigenvalue weighted by atomic mass is 10.1. The second-order valence-electron chi connectivity index (χ2n) is 5.31. The fourth-order valence-corrected chi connectivity index (χ4v) is 2.26. The third-order valence-electron chi connectivity index (χ3n) is 3.57. The molecule has 1 aromatic rings. The minimum atomic E-state index is -0.0856. The van der Waals surface area contributed by atoms with Crippen LogP contribution in [-0.2, 0) is 9.53 Å². The zero-order valence-electron chi connectivity index (χ0n) is 13.3. The van der Waals surface area contributed by atoms with Gasteiger partial charge in [0.25, 0.3) is 0 Å². The summed E-state index contributed by atoms with van der Waals surface area (Å²) in [5.41, 5.74) is 1.34. The van der Waals surface area contributed by atoms with E-state index in [4.69, 9.17) is 4.74 Å². The van der Waals surface area contributed by atoms with Crippen LogP contribution in [0.15, 0.2) is 24.3 Å². The number of nitrogens with zero attached hydrogens (tertiary/aromatic N) is 1. The quantitative estimate of drug-likeness (QED) is 0.575. The van der Waals surface area contributed by atoms with Crippen molar-refractivity contribution in [3.63, 3.8) is 0 Å². The lowest BCUT2D eigenvalue weighted by molar-refractivity contribution is -0.115. The number of anilines is 1. The molecule has 6 nitrogen and oxygen atoms in total. The molecule has 0 unspecified atom stereocenters. The van der Waals surface area contributed by atoms with Crippen LogP contribution in [0.4, 0.5) is 5.69 Å². The summed E-state index contributed by atoms with van der Waals surface area (Å²) < 4.78 is 5.29. The summed E-state index contributed by atoms with van der Waals surface area (Å²) in [6.45, 7) is 6.98. The minimum absolute atomic E-state index is 0. The molecule has 1 fully saturated rings. The van der Waals surface area contributed by atoms with Gasteiger partial charge in [0.1, 0.15) is 0 Å². The Morgan fingerprint density at radius 1 is 1.17 bits per heavy atom. The van der Waals surface area contributed by atoms with Gasteiger partial charge < -0.3 is 15.4 Å². The van der Waals surface area contributed by atoms with E-state index in [-0.39, 0.29) is 30.6 Å². The Bertz CT molecular complexity index is 502. The molecule has 0 aliphatic carbocycles. The lowest BCUT2D eigenvalue weighted by Gasteiger charge is -2.26. The fraction of sp³-hybridized carbons (Fsp3) is 0.500. The average Bonchev–Trinajstić information content (AvgIpc) is 2.53. The number of morpholine rings is 1. The van der Waals surface area contributed by atoms with Gasteiger partial charge in [-0.25, -0.2) is 0 Å². The van der Waals surface area contributed by atoms with E-state index in [2.05, 4.69) is 15.5 Å². The van der Waals surface area contributed by atoms with Crippen LogP contribution >= 0.6 is 12.4 Å². The smallest absolute Gasteiger partial charge is 0.238 e. The average molecular weight is 342 g/mol. The van der Waals surface area contributed by atoms with Crippen LogP contribution in [0.25, 0.3) is 0 Å². The molecule has 0 atom stereocenters. The number of ether oxygens (including phenoxy) is 1. The Balaban J connectivity index is 0.00000264. The molecule has 7 heteroatoms. The van der Waals surface area contributed by atoms with E-state index < -0.39 is 0 Å². The minimum Gasteiger partial charge on any atom is -0.379 e. The Morgan fingerprint density at radius 2 is 1.83 bits per heavy atom. The first-order chi connectivity index (χ1) is 10.6. The maximum atomic E-state index is 11.8. The number of hydrogen-bond acceptors (Lipinski definition) is 5. The second kappa shape index (κ2) is 10.3. The highest BCUT2D eigenvalue weighted by Crippen LogP contribution is 2.09. The molecule has 0 saturated carbocycles. The van der Waals surface area contributed by atoms with Gasteiger partial charge in [-0.05, 0) is 31.2 Å². The number of carbonyl (C=O) groups is 2. The van der Waals surface area contributed by atoms with Crippen LogP contribution in [0.3, 0.4) is 0 Å². The standard InChI is InChI=1S/C16H23N3O3.ClH/c1-13(20)14-2-4-15(5-3-14)18-16(21)12-17-6-7-19-8-10-22-11-9-19;/h2-5,17H,6-12H2,1H3,(H,18,21);1H. The monoisotopic (exact) mass is 341 g/mol. The number of Topliss-reactive ketones (excluding diaryl/α,β-unsaturated/α-hetero) is 1. The number of halogens is 1. The molecule has 1 saturated heterocycles. The van der Waals surface area contributed by atoms with Gasteiger partial charge in [0.05, 0.1) is 19.8 Å². The molecule has 0 spiro atoms. The highest BCUT2D eigenvalue weighted by atomic mass is 35.5. The van der Waals surface area contributed by atoms with Crippen molar-refractivity contribution in [1.82, 2.24) is 10.2 Å². The van der Waals surface area contributed by atoms with Gasteiger partial charge in [0.15, 0.2) is 5.78 Å². The number of rotatable bonds is 7. The molecule has 1 amide bonds. The lowest BCUT2D eigenvalue weighted by Crippen LogP contribution is -2.41. The molecule has 128 valence electrons. The van der Waals surface area contributed by atoms with Crippen LogP contribution < -0.4 is 10.6 Å². The number of amides is 1. The van der Waals surface area contributed by atoms with Crippen molar-refractivity contribution >= 4 is 29.8 Å². The molecule has 23 heavy (non-hydrogen) atoms. The predicted octanol–water partition coefficient (Wildman–Crippen LogP) is 1.17. The van der Waals surface area contributed by atoms with Gasteiger partial charge >= 0.3 is 0 Å². The van der Waals surface area contributed by atoms with Crippen LogP contribution in [0.5, 0.6) is 0 Å². The first-order valence-corrected chi connectivity index (χ1v) is 7.57. The molecular weight excluding hydrogens is 318 g/mol. The number of carbonyl (C=O) groups excluding carboxylic acids is 2. The molecule has 0 radical (unpaired) electrons.